The van der Waals surface area contributed by atoms with Crippen LogP contribution >= 0.6 is 28.6 Å². The van der Waals surface area contributed by atoms with Gasteiger partial charge in [-0.3, -0.25) is 14.9 Å². The number of nitro benzene ring substituents is 1. The Labute approximate surface area is 111 Å². The molecule has 0 N–H and O–H groups in total. The zero-order valence-electron chi connectivity index (χ0n) is 8.67. The second-order valence-electron chi connectivity index (χ2n) is 3.75. The number of halogens is 1. The summed E-state index contributed by atoms with van der Waals surface area (Å²) in [5.41, 5.74) is 0.259. The topological polar surface area (TPSA) is 63.5 Å². The number of nitrogens with zero attached hydrogens (tertiary/aromatic N) is 2. The minimum atomic E-state index is -0.487. The Bertz CT molecular complexity index is 494. The Kier molecular flexibility index (Phi) is 3.39. The molecule has 1 amide bonds. The van der Waals surface area contributed by atoms with Crippen LogP contribution < -0.4 is 4.90 Å². The van der Waals surface area contributed by atoms with Gasteiger partial charge in [-0.25, -0.2) is 0 Å². The van der Waals surface area contributed by atoms with Crippen LogP contribution in [0.15, 0.2) is 22.7 Å². The van der Waals surface area contributed by atoms with E-state index in [1.54, 1.807) is 12.1 Å². The molecule has 90 valence electrons. The Morgan fingerprint density at radius 1 is 1.53 bits per heavy atom. The molecule has 0 bridgehead atoms. The lowest BCUT2D eigenvalue weighted by molar-refractivity contribution is -0.384. The van der Waals surface area contributed by atoms with Crippen LogP contribution in [0.2, 0.25) is 0 Å². The maximum atomic E-state index is 11.7. The number of amides is 1. The minimum absolute atomic E-state index is 0.0641. The van der Waals surface area contributed by atoms with E-state index >= 15 is 0 Å². The van der Waals surface area contributed by atoms with Gasteiger partial charge in [-0.2, -0.15) is 12.6 Å². The molecule has 1 atom stereocenters. The Hall–Kier alpha value is -1.08. The normalized spacial score (nSPS) is 19.8. The number of hydrogen-bond donors (Lipinski definition) is 1. The molecule has 1 saturated heterocycles. The summed E-state index contributed by atoms with van der Waals surface area (Å²) in [4.78, 5) is 23.6. The van der Waals surface area contributed by atoms with Crippen LogP contribution in [-0.4, -0.2) is 22.6 Å². The highest BCUT2D eigenvalue weighted by Gasteiger charge is 2.32. The maximum Gasteiger partial charge on any atom is 0.294 e. The molecule has 0 saturated carbocycles. The van der Waals surface area contributed by atoms with Crippen molar-refractivity contribution in [2.24, 2.45) is 0 Å². The number of carbonyl (C=O) groups is 1. The van der Waals surface area contributed by atoms with E-state index in [4.69, 9.17) is 0 Å². The fraction of sp³-hybridized carbons (Fsp3) is 0.300. The third-order valence-corrected chi connectivity index (χ3v) is 3.37. The smallest absolute Gasteiger partial charge is 0.294 e. The summed E-state index contributed by atoms with van der Waals surface area (Å²) in [6.07, 6.45) is 0.316. The highest BCUT2D eigenvalue weighted by atomic mass is 79.9. The molecule has 1 aliphatic rings. The summed E-state index contributed by atoms with van der Waals surface area (Å²) in [6, 6.07) is 4.65. The molecule has 0 spiro atoms. The van der Waals surface area contributed by atoms with Crippen LogP contribution in [0, 0.1) is 10.1 Å². The summed E-state index contributed by atoms with van der Waals surface area (Å²) < 4.78 is 0.613. The zero-order valence-corrected chi connectivity index (χ0v) is 11.1. The third-order valence-electron chi connectivity index (χ3n) is 2.53. The van der Waals surface area contributed by atoms with Gasteiger partial charge in [0.1, 0.15) is 5.69 Å². The fourth-order valence-electron chi connectivity index (χ4n) is 1.79. The van der Waals surface area contributed by atoms with Gasteiger partial charge in [-0.05, 0) is 12.1 Å². The van der Waals surface area contributed by atoms with E-state index in [-0.39, 0.29) is 16.8 Å². The van der Waals surface area contributed by atoms with Crippen LogP contribution in [0.4, 0.5) is 11.4 Å². The summed E-state index contributed by atoms with van der Waals surface area (Å²) in [6.45, 7) is 0.407. The fourth-order valence-corrected chi connectivity index (χ4v) is 2.46. The SMILES string of the molecule is O=C1CC(S)CN1c1ccc(Br)cc1[N+](=O)[O-]. The lowest BCUT2D eigenvalue weighted by Crippen LogP contribution is -2.25. The minimum Gasteiger partial charge on any atom is -0.305 e. The Balaban J connectivity index is 2.45. The predicted octanol–water partition coefficient (Wildman–Crippen LogP) is 2.39. The average Bonchev–Trinajstić information content (AvgIpc) is 2.57. The average molecular weight is 317 g/mol. The highest BCUT2D eigenvalue weighted by Crippen LogP contribution is 2.34. The first-order chi connectivity index (χ1) is 7.99. The van der Waals surface area contributed by atoms with Gasteiger partial charge in [-0.1, -0.05) is 15.9 Å². The predicted molar refractivity (Wildman–Crippen MR) is 70.5 cm³/mol. The molecular formula is C10H9BrN2O3S. The Morgan fingerprint density at radius 3 is 2.76 bits per heavy atom. The summed E-state index contributed by atoms with van der Waals surface area (Å²) >= 11 is 7.40. The number of thiol groups is 1. The van der Waals surface area contributed by atoms with Gasteiger partial charge in [0.05, 0.1) is 4.92 Å². The molecular weight excluding hydrogens is 308 g/mol. The van der Waals surface area contributed by atoms with Crippen molar-refractivity contribution < 1.29 is 9.72 Å². The van der Waals surface area contributed by atoms with Gasteiger partial charge in [0.2, 0.25) is 5.91 Å². The third kappa shape index (κ3) is 2.44. The number of carbonyl (C=O) groups excluding carboxylic acids is 1. The number of hydrogen-bond acceptors (Lipinski definition) is 4. The largest absolute Gasteiger partial charge is 0.305 e. The molecule has 1 aliphatic heterocycles. The molecule has 1 aromatic carbocycles. The van der Waals surface area contributed by atoms with E-state index in [2.05, 4.69) is 28.6 Å². The van der Waals surface area contributed by atoms with Gasteiger partial charge in [0, 0.05) is 28.8 Å². The van der Waals surface area contributed by atoms with Crippen molar-refractivity contribution >= 4 is 45.8 Å². The van der Waals surface area contributed by atoms with Gasteiger partial charge < -0.3 is 4.90 Å². The molecule has 7 heteroatoms. The van der Waals surface area contributed by atoms with Gasteiger partial charge in [0.25, 0.3) is 5.69 Å². The van der Waals surface area contributed by atoms with Crippen LogP contribution in [0.1, 0.15) is 6.42 Å². The summed E-state index contributed by atoms with van der Waals surface area (Å²) in [7, 11) is 0. The molecule has 1 aromatic rings. The highest BCUT2D eigenvalue weighted by molar-refractivity contribution is 9.10. The van der Waals surface area contributed by atoms with E-state index in [0.717, 1.165) is 0 Å². The first-order valence-corrected chi connectivity index (χ1v) is 6.22. The molecule has 1 heterocycles. The number of anilines is 1. The van der Waals surface area contributed by atoms with Crippen LogP contribution in [-0.2, 0) is 4.79 Å². The van der Waals surface area contributed by atoms with Crippen molar-refractivity contribution in [3.63, 3.8) is 0 Å². The first kappa shape index (κ1) is 12.4. The van der Waals surface area contributed by atoms with Crippen molar-refractivity contribution in [2.75, 3.05) is 11.4 Å². The molecule has 0 aliphatic carbocycles. The van der Waals surface area contributed by atoms with Crippen molar-refractivity contribution in [1.29, 1.82) is 0 Å². The lowest BCUT2D eigenvalue weighted by atomic mass is 10.2. The summed E-state index contributed by atoms with van der Waals surface area (Å²) in [5, 5.41) is 10.9. The maximum absolute atomic E-state index is 11.7. The molecule has 2 rings (SSSR count). The zero-order chi connectivity index (χ0) is 12.6. The summed E-state index contributed by atoms with van der Waals surface area (Å²) in [5.74, 6) is -0.129. The standard InChI is InChI=1S/C10H9BrN2O3S/c11-6-1-2-8(9(3-6)13(15)16)12-5-7(17)4-10(12)14/h1-3,7,17H,4-5H2. The second-order valence-corrected chi connectivity index (χ2v) is 5.40. The van der Waals surface area contributed by atoms with E-state index in [0.29, 0.717) is 23.1 Å². The van der Waals surface area contributed by atoms with E-state index in [1.165, 1.54) is 11.0 Å². The van der Waals surface area contributed by atoms with Gasteiger partial charge in [0.15, 0.2) is 0 Å². The number of benzene rings is 1. The van der Waals surface area contributed by atoms with Crippen molar-refractivity contribution in [2.45, 2.75) is 11.7 Å². The van der Waals surface area contributed by atoms with E-state index in [9.17, 15) is 14.9 Å². The van der Waals surface area contributed by atoms with E-state index in [1.807, 2.05) is 0 Å². The molecule has 5 nitrogen and oxygen atoms in total. The second kappa shape index (κ2) is 4.66. The lowest BCUT2D eigenvalue weighted by Gasteiger charge is -2.15. The van der Waals surface area contributed by atoms with Crippen molar-refractivity contribution in [3.8, 4) is 0 Å². The van der Waals surface area contributed by atoms with Crippen LogP contribution in [0.5, 0.6) is 0 Å². The molecule has 0 radical (unpaired) electrons. The van der Waals surface area contributed by atoms with Crippen molar-refractivity contribution in [3.05, 3.63) is 32.8 Å². The number of rotatable bonds is 2. The molecule has 1 fully saturated rings. The van der Waals surface area contributed by atoms with E-state index < -0.39 is 4.92 Å². The first-order valence-electron chi connectivity index (χ1n) is 4.91. The monoisotopic (exact) mass is 316 g/mol. The molecule has 1 unspecified atom stereocenters. The van der Waals surface area contributed by atoms with Gasteiger partial charge >= 0.3 is 0 Å². The molecule has 17 heavy (non-hydrogen) atoms. The van der Waals surface area contributed by atoms with Crippen LogP contribution in [0.3, 0.4) is 0 Å². The van der Waals surface area contributed by atoms with Crippen molar-refractivity contribution in [1.82, 2.24) is 0 Å². The van der Waals surface area contributed by atoms with Crippen LogP contribution in [0.25, 0.3) is 0 Å². The molecule has 0 aromatic heterocycles. The Morgan fingerprint density at radius 2 is 2.24 bits per heavy atom. The number of nitro groups is 1. The van der Waals surface area contributed by atoms with Gasteiger partial charge in [-0.15, -0.1) is 0 Å². The quantitative estimate of drug-likeness (QED) is 0.517.